The second-order valence-electron chi connectivity index (χ2n) is 31.3. The maximum absolute atomic E-state index is 9.67. The predicted molar refractivity (Wildman–Crippen MR) is 430 cm³/mol. The van der Waals surface area contributed by atoms with Gasteiger partial charge in [0.25, 0.3) is 6.71 Å². The topological polar surface area (TPSA) is 16.3 Å². The molecule has 0 aliphatic carbocycles. The number of para-hydroxylation sites is 6. The summed E-state index contributed by atoms with van der Waals surface area (Å²) in [5.41, 5.74) is 18.9. The number of benzene rings is 13. The van der Waals surface area contributed by atoms with Crippen LogP contribution in [0, 0.1) is 6.85 Å². The lowest BCUT2D eigenvalue weighted by molar-refractivity contribution is 0.568. The van der Waals surface area contributed by atoms with Gasteiger partial charge in [0.15, 0.2) is 0 Å². The molecule has 0 atom stereocenters. The number of rotatable bonds is 8. The molecule has 488 valence electrons. The molecule has 0 N–H and O–H groups in total. The summed E-state index contributed by atoms with van der Waals surface area (Å²) >= 11 is 0. The van der Waals surface area contributed by atoms with Crippen molar-refractivity contribution >= 4 is 101 Å². The third-order valence-corrected chi connectivity index (χ3v) is 20.7. The van der Waals surface area contributed by atoms with E-state index in [2.05, 4.69) is 238 Å². The van der Waals surface area contributed by atoms with Crippen LogP contribution in [-0.4, -0.2) is 15.8 Å². The summed E-state index contributed by atoms with van der Waals surface area (Å²) < 4.78 is 126. The van der Waals surface area contributed by atoms with Gasteiger partial charge in [-0.1, -0.05) is 301 Å². The van der Waals surface area contributed by atoms with Gasteiger partial charge >= 0.3 is 0 Å². The minimum absolute atomic E-state index is 0.0526. The fourth-order valence-electron chi connectivity index (χ4n) is 15.6. The minimum Gasteiger partial charge on any atom is -0.311 e. The zero-order valence-corrected chi connectivity index (χ0v) is 58.7. The number of fused-ring (bicyclic) bond motifs is 10. The van der Waals surface area contributed by atoms with E-state index >= 15 is 0 Å². The number of hydrogen-bond donors (Lipinski definition) is 0. The average molecular weight is 1310 g/mol. The van der Waals surface area contributed by atoms with Crippen molar-refractivity contribution in [2.75, 3.05) is 9.80 Å². The molecule has 4 nitrogen and oxygen atoms in total. The molecule has 17 rings (SSSR count). The van der Waals surface area contributed by atoms with Crippen molar-refractivity contribution in [3.8, 4) is 55.9 Å². The highest BCUT2D eigenvalue weighted by Crippen LogP contribution is 2.51. The smallest absolute Gasteiger partial charge is 0.252 e. The lowest BCUT2D eigenvalue weighted by Crippen LogP contribution is -2.61. The molecule has 5 heteroatoms. The monoisotopic (exact) mass is 1310 g/mol. The Balaban J connectivity index is 1.02. The van der Waals surface area contributed by atoms with Crippen LogP contribution in [0.25, 0.3) is 99.5 Å². The van der Waals surface area contributed by atoms with Crippen molar-refractivity contribution in [3.05, 3.63) is 307 Å². The van der Waals surface area contributed by atoms with Crippen LogP contribution in [0.1, 0.15) is 129 Å². The predicted octanol–water partition coefficient (Wildman–Crippen LogP) is 24.1. The van der Waals surface area contributed by atoms with Crippen LogP contribution < -0.4 is 26.2 Å². The second-order valence-corrected chi connectivity index (χ2v) is 31.3. The Morgan fingerprint density at radius 2 is 0.670 bits per heavy atom. The molecule has 0 spiro atoms. The Morgan fingerprint density at radius 1 is 0.310 bits per heavy atom. The Hall–Kier alpha value is -10.9. The first-order valence-electron chi connectivity index (χ1n) is 41.2. The van der Waals surface area contributed by atoms with Gasteiger partial charge in [-0.25, -0.2) is 0 Å². The second kappa shape index (κ2) is 23.1. The maximum atomic E-state index is 9.67. The zero-order valence-electron chi connectivity index (χ0n) is 71.7. The molecular weight excluding hydrogens is 1210 g/mol. The fraction of sp³-hybridized carbons (Fsp3) is 0.179. The molecule has 15 aromatic rings. The van der Waals surface area contributed by atoms with E-state index < -0.39 is 74.0 Å². The van der Waals surface area contributed by atoms with Crippen LogP contribution in [0.5, 0.6) is 0 Å². The quantitative estimate of drug-likeness (QED) is 0.141. The Morgan fingerprint density at radius 3 is 1.06 bits per heavy atom. The Kier molecular flexibility index (Phi) is 11.5. The van der Waals surface area contributed by atoms with E-state index in [0.717, 1.165) is 88.2 Å². The van der Waals surface area contributed by atoms with E-state index in [0.29, 0.717) is 39.6 Å². The van der Waals surface area contributed by atoms with Crippen LogP contribution in [0.4, 0.5) is 34.1 Å². The van der Waals surface area contributed by atoms with Crippen LogP contribution in [0.15, 0.2) is 279 Å². The molecule has 0 fully saturated rings. The summed E-state index contributed by atoms with van der Waals surface area (Å²) in [6.07, 6.45) is 0. The normalized spacial score (nSPS) is 15.2. The fourth-order valence-corrected chi connectivity index (χ4v) is 15.6. The third kappa shape index (κ3) is 10.2. The summed E-state index contributed by atoms with van der Waals surface area (Å²) in [7, 11) is 0. The van der Waals surface area contributed by atoms with Gasteiger partial charge < -0.3 is 18.9 Å². The van der Waals surface area contributed by atoms with E-state index in [1.807, 2.05) is 46.2 Å². The van der Waals surface area contributed by atoms with Gasteiger partial charge in [-0.15, -0.1) is 0 Å². The van der Waals surface area contributed by atoms with Gasteiger partial charge in [-0.05, 0) is 156 Å². The van der Waals surface area contributed by atoms with Gasteiger partial charge in [-0.3, -0.25) is 0 Å². The lowest BCUT2D eigenvalue weighted by Gasteiger charge is -2.45. The van der Waals surface area contributed by atoms with E-state index in [9.17, 15) is 9.60 Å². The number of hydrogen-bond acceptors (Lipinski definition) is 2. The highest BCUT2D eigenvalue weighted by atomic mass is 15.2. The van der Waals surface area contributed by atoms with E-state index in [-0.39, 0.29) is 49.5 Å². The summed E-state index contributed by atoms with van der Waals surface area (Å²) in [6.45, 7) is 23.4. The van der Waals surface area contributed by atoms with Crippen LogP contribution in [-0.2, 0) is 21.7 Å². The molecule has 0 saturated heterocycles. The maximum Gasteiger partial charge on any atom is 0.252 e. The molecule has 2 aliphatic heterocycles. The van der Waals surface area contributed by atoms with Crippen molar-refractivity contribution in [2.24, 2.45) is 0 Å². The van der Waals surface area contributed by atoms with Crippen LogP contribution in [0.2, 0.25) is 0 Å². The highest BCUT2D eigenvalue weighted by Gasteiger charge is 2.45. The first kappa shape index (κ1) is 49.6. The summed E-state index contributed by atoms with van der Waals surface area (Å²) in [5.74, 6) is 0. The summed E-state index contributed by atoms with van der Waals surface area (Å²) in [4.78, 5) is 4.02. The third-order valence-electron chi connectivity index (χ3n) is 20.7. The molecule has 0 saturated carbocycles. The van der Waals surface area contributed by atoms with Crippen molar-refractivity contribution in [3.63, 3.8) is 0 Å². The molecule has 2 aliphatic rings. The van der Waals surface area contributed by atoms with E-state index in [4.69, 9.17) is 8.22 Å². The Labute approximate surface area is 608 Å². The lowest BCUT2D eigenvalue weighted by atomic mass is 9.33. The van der Waals surface area contributed by atoms with Crippen molar-refractivity contribution in [1.29, 1.82) is 0 Å². The molecule has 4 heterocycles. The number of aryl methyl sites for hydroxylation is 1. The van der Waals surface area contributed by atoms with Gasteiger partial charge in [0, 0.05) is 82.0 Å². The molecule has 0 bridgehead atoms. The molecule has 0 unspecified atom stereocenters. The zero-order chi connectivity index (χ0) is 80.1. The molecule has 2 aromatic heterocycles. The van der Waals surface area contributed by atoms with Gasteiger partial charge in [0.2, 0.25) is 0 Å². The number of nitrogens with zero attached hydrogens (tertiary/aromatic N) is 4. The van der Waals surface area contributed by atoms with Gasteiger partial charge in [0.05, 0.1) is 47.1 Å². The molecule has 0 amide bonds. The average Bonchev–Trinajstić information content (AvgIpc) is 0.748. The van der Waals surface area contributed by atoms with Crippen molar-refractivity contribution in [1.82, 2.24) is 9.13 Å². The van der Waals surface area contributed by atoms with Crippen LogP contribution in [0.3, 0.4) is 0 Å². The summed E-state index contributed by atoms with van der Waals surface area (Å²) in [5, 5.41) is 4.10. The van der Waals surface area contributed by atoms with Crippen molar-refractivity contribution in [2.45, 2.75) is 112 Å². The van der Waals surface area contributed by atoms with Gasteiger partial charge in [0.1, 0.15) is 0 Å². The largest absolute Gasteiger partial charge is 0.311 e. The highest BCUT2D eigenvalue weighted by molar-refractivity contribution is 7.00. The van der Waals surface area contributed by atoms with Crippen LogP contribution >= 0.6 is 0 Å². The van der Waals surface area contributed by atoms with E-state index in [1.165, 1.54) is 22.3 Å². The molecule has 13 aromatic carbocycles. The summed E-state index contributed by atoms with van der Waals surface area (Å²) in [6, 6.07) is 69.7. The molecular formula is C95H85BN4. The first-order valence-corrected chi connectivity index (χ1v) is 34.7. The SMILES string of the molecule is [2H]c1c([2H])c([2H])c(-c2ccccc2N2c3cc(-n4c5ccccc5c5cccc(-c6cc(C(C)(C)C)cc(C(C)(C)C)c6)c54)ccc3B3c4ccc(-n5c6ccccc6c6cccc(-c7cc(C(C)(C)C)cc(C(C)(C)C)c7)c65)cc4N(c4ccccc4-c4c([2H])c([2H])c([2H])c([2H])c4[2H])c4cc(C([2H])([2H])[2H])cc2c43)c([2H])c1[2H]. The van der Waals surface area contributed by atoms with Crippen molar-refractivity contribution < 1.29 is 17.8 Å². The molecule has 100 heavy (non-hydrogen) atoms. The standard InChI is InChI=1S/C95H85BN4/c1-60-50-87-89-88(51-60)100(82-43-25-21-35-72(82)62-32-18-15-19-33-62)86-59-70(98-84-45-27-23-37-76(84)78-41-29-39-74(91(78)98)64-54-67(94(8,9)10)57-68(55-64)95(11,12)13)47-49-80(86)96(89)79-48-46-69(58-85(79)99(87)81-42-24-20-34-71(81)61-30-16-14-17-31-61)97-83-44-26-22-36-75(83)77-40-28-38-73(90(77)97)63-52-65(92(2,3)4)56-66(53-63)93(5,6)7/h14-59H,1-13H3/i1D3,14D,15D,16D,17D,18D,19D,30D,31D,32D,33D. The number of aromatic nitrogens is 2. The minimum atomic E-state index is -2.81. The number of anilines is 6. The Bertz CT molecular complexity index is 6070. The molecule has 0 radical (unpaired) electrons. The van der Waals surface area contributed by atoms with Gasteiger partial charge in [-0.2, -0.15) is 0 Å². The van der Waals surface area contributed by atoms with E-state index in [1.54, 1.807) is 36.4 Å². The first-order chi connectivity index (χ1) is 53.4.